The van der Waals surface area contributed by atoms with Gasteiger partial charge < -0.3 is 21.1 Å². The van der Waals surface area contributed by atoms with Gasteiger partial charge in [-0.05, 0) is 42.9 Å². The zero-order chi connectivity index (χ0) is 20.4. The summed E-state index contributed by atoms with van der Waals surface area (Å²) in [6, 6.07) is 8.66. The smallest absolute Gasteiger partial charge is 0.231 e. The van der Waals surface area contributed by atoms with Crippen molar-refractivity contribution in [2.24, 2.45) is 16.6 Å². The summed E-state index contributed by atoms with van der Waals surface area (Å²) >= 11 is 0. The number of aliphatic imine (C=N–C) groups is 1. The van der Waals surface area contributed by atoms with Crippen molar-refractivity contribution in [3.63, 3.8) is 0 Å². The molecule has 1 aliphatic heterocycles. The van der Waals surface area contributed by atoms with Crippen molar-refractivity contribution in [1.82, 2.24) is 15.5 Å². The molecule has 1 aliphatic rings. The summed E-state index contributed by atoms with van der Waals surface area (Å²) in [7, 11) is 1.79. The van der Waals surface area contributed by atoms with Gasteiger partial charge >= 0.3 is 0 Å². The fourth-order valence-electron chi connectivity index (χ4n) is 3.18. The molecule has 1 aromatic carbocycles. The SMILES string of the molecule is CN=C(NCCc1ccc(OCC(C)C)cc1)NC1CCN(CC(N)=O)CC1.I. The summed E-state index contributed by atoms with van der Waals surface area (Å²) in [5.41, 5.74) is 6.53. The number of piperidine rings is 1. The second-order valence-corrected chi connectivity index (χ2v) is 7.76. The molecule has 1 saturated heterocycles. The van der Waals surface area contributed by atoms with E-state index in [-0.39, 0.29) is 29.9 Å². The molecule has 1 aromatic rings. The van der Waals surface area contributed by atoms with Crippen molar-refractivity contribution in [1.29, 1.82) is 0 Å². The molecule has 0 bridgehead atoms. The molecule has 0 atom stereocenters. The maximum atomic E-state index is 11.0. The number of ether oxygens (including phenoxy) is 1. The molecule has 1 amide bonds. The van der Waals surface area contributed by atoms with Gasteiger partial charge in [0, 0.05) is 32.7 Å². The number of hydrogen-bond acceptors (Lipinski definition) is 4. The molecule has 0 radical (unpaired) electrons. The summed E-state index contributed by atoms with van der Waals surface area (Å²) in [5.74, 6) is 2.01. The van der Waals surface area contributed by atoms with Crippen LogP contribution in [0.5, 0.6) is 5.75 Å². The van der Waals surface area contributed by atoms with Crippen LogP contribution in [0.1, 0.15) is 32.3 Å². The Balaban J connectivity index is 0.00000420. The summed E-state index contributed by atoms with van der Waals surface area (Å²) < 4.78 is 5.72. The third-order valence-corrected chi connectivity index (χ3v) is 4.74. The lowest BCUT2D eigenvalue weighted by Crippen LogP contribution is -2.50. The van der Waals surface area contributed by atoms with Gasteiger partial charge in [-0.3, -0.25) is 14.7 Å². The van der Waals surface area contributed by atoms with Crippen LogP contribution in [0, 0.1) is 5.92 Å². The first kappa shape index (κ1) is 25.5. The maximum absolute atomic E-state index is 11.0. The number of benzene rings is 1. The Labute approximate surface area is 191 Å². The minimum absolute atomic E-state index is 0. The van der Waals surface area contributed by atoms with E-state index in [9.17, 15) is 4.79 Å². The Hall–Kier alpha value is -1.55. The first-order chi connectivity index (χ1) is 13.5. The number of amides is 1. The number of likely N-dealkylation sites (tertiary alicyclic amines) is 1. The highest BCUT2D eigenvalue weighted by Crippen LogP contribution is 2.13. The number of guanidine groups is 1. The molecule has 0 spiro atoms. The van der Waals surface area contributed by atoms with Gasteiger partial charge in [0.05, 0.1) is 13.2 Å². The maximum Gasteiger partial charge on any atom is 0.231 e. The van der Waals surface area contributed by atoms with E-state index in [4.69, 9.17) is 10.5 Å². The van der Waals surface area contributed by atoms with Gasteiger partial charge in [0.1, 0.15) is 5.75 Å². The quantitative estimate of drug-likeness (QED) is 0.265. The molecule has 4 N–H and O–H groups in total. The molecule has 29 heavy (non-hydrogen) atoms. The largest absolute Gasteiger partial charge is 0.493 e. The van der Waals surface area contributed by atoms with Crippen molar-refractivity contribution in [2.45, 2.75) is 39.2 Å². The Morgan fingerprint density at radius 2 is 1.93 bits per heavy atom. The topological polar surface area (TPSA) is 92.0 Å². The first-order valence-corrected chi connectivity index (χ1v) is 10.2. The van der Waals surface area contributed by atoms with E-state index >= 15 is 0 Å². The standard InChI is InChI=1S/C21H35N5O2.HI/c1-16(2)15-28-19-6-4-17(5-7-19)8-11-24-21(23-3)25-18-9-12-26(13-10-18)14-20(22)27;/h4-7,16,18H,8-15H2,1-3H3,(H2,22,27)(H2,23,24,25);1H. The van der Waals surface area contributed by atoms with Crippen LogP contribution in [0.3, 0.4) is 0 Å². The zero-order valence-electron chi connectivity index (χ0n) is 17.8. The number of nitrogens with two attached hydrogens (primary N) is 1. The average Bonchev–Trinajstić information content (AvgIpc) is 2.67. The molecule has 0 aromatic heterocycles. The van der Waals surface area contributed by atoms with Gasteiger partial charge in [0.2, 0.25) is 5.91 Å². The van der Waals surface area contributed by atoms with Crippen LogP contribution < -0.4 is 21.1 Å². The average molecular weight is 517 g/mol. The number of nitrogens with one attached hydrogen (secondary N) is 2. The highest BCUT2D eigenvalue weighted by molar-refractivity contribution is 14.0. The van der Waals surface area contributed by atoms with Gasteiger partial charge in [-0.2, -0.15) is 0 Å². The van der Waals surface area contributed by atoms with Gasteiger partial charge in [0.25, 0.3) is 0 Å². The van der Waals surface area contributed by atoms with Crippen molar-refractivity contribution >= 4 is 35.8 Å². The number of halogens is 1. The Morgan fingerprint density at radius 3 is 2.48 bits per heavy atom. The minimum Gasteiger partial charge on any atom is -0.493 e. The third kappa shape index (κ3) is 10.2. The van der Waals surface area contributed by atoms with E-state index in [2.05, 4.69) is 46.5 Å². The van der Waals surface area contributed by atoms with Crippen LogP contribution in [0.25, 0.3) is 0 Å². The predicted molar refractivity (Wildman–Crippen MR) is 129 cm³/mol. The number of carbonyl (C=O) groups excluding carboxylic acids is 1. The first-order valence-electron chi connectivity index (χ1n) is 10.2. The molecule has 1 heterocycles. The van der Waals surface area contributed by atoms with Crippen LogP contribution in [0.4, 0.5) is 0 Å². The third-order valence-electron chi connectivity index (χ3n) is 4.74. The van der Waals surface area contributed by atoms with Crippen molar-refractivity contribution < 1.29 is 9.53 Å². The molecule has 7 nitrogen and oxygen atoms in total. The molecule has 0 aliphatic carbocycles. The van der Waals surface area contributed by atoms with Crippen molar-refractivity contribution in [2.75, 3.05) is 39.8 Å². The van der Waals surface area contributed by atoms with E-state index < -0.39 is 0 Å². The van der Waals surface area contributed by atoms with Crippen molar-refractivity contribution in [3.05, 3.63) is 29.8 Å². The lowest BCUT2D eigenvalue weighted by atomic mass is 10.1. The van der Waals surface area contributed by atoms with E-state index in [0.29, 0.717) is 18.5 Å². The van der Waals surface area contributed by atoms with E-state index in [1.54, 1.807) is 7.05 Å². The second-order valence-electron chi connectivity index (χ2n) is 7.76. The predicted octanol–water partition coefficient (Wildman–Crippen LogP) is 2.00. The summed E-state index contributed by atoms with van der Waals surface area (Å²) in [4.78, 5) is 17.4. The van der Waals surface area contributed by atoms with Gasteiger partial charge in [-0.15, -0.1) is 24.0 Å². The number of rotatable bonds is 9. The Morgan fingerprint density at radius 1 is 1.28 bits per heavy atom. The van der Waals surface area contributed by atoms with Gasteiger partial charge in [-0.1, -0.05) is 26.0 Å². The Kier molecular flexibility index (Phi) is 12.0. The zero-order valence-corrected chi connectivity index (χ0v) is 20.1. The van der Waals surface area contributed by atoms with Crippen LogP contribution >= 0.6 is 24.0 Å². The van der Waals surface area contributed by atoms with Crippen molar-refractivity contribution in [3.8, 4) is 5.75 Å². The van der Waals surface area contributed by atoms with Crippen LogP contribution in [-0.4, -0.2) is 62.6 Å². The normalized spacial score (nSPS) is 15.7. The van der Waals surface area contributed by atoms with E-state index in [1.165, 1.54) is 5.56 Å². The highest BCUT2D eigenvalue weighted by Gasteiger charge is 2.20. The van der Waals surface area contributed by atoms with E-state index in [1.807, 2.05) is 12.1 Å². The highest BCUT2D eigenvalue weighted by atomic mass is 127. The number of hydrogen-bond donors (Lipinski definition) is 3. The molecule has 8 heteroatoms. The fourth-order valence-corrected chi connectivity index (χ4v) is 3.18. The number of carbonyl (C=O) groups is 1. The van der Waals surface area contributed by atoms with Crippen LogP contribution in [0.2, 0.25) is 0 Å². The number of primary amides is 1. The molecule has 0 saturated carbocycles. The molecule has 164 valence electrons. The van der Waals surface area contributed by atoms with Gasteiger partial charge in [0.15, 0.2) is 5.96 Å². The summed E-state index contributed by atoms with van der Waals surface area (Å²) in [6.45, 7) is 7.94. The molecular weight excluding hydrogens is 481 g/mol. The summed E-state index contributed by atoms with van der Waals surface area (Å²) in [5, 5.41) is 6.86. The molecule has 1 fully saturated rings. The lowest BCUT2D eigenvalue weighted by Gasteiger charge is -2.32. The van der Waals surface area contributed by atoms with Crippen LogP contribution in [0.15, 0.2) is 29.3 Å². The molecule has 0 unspecified atom stereocenters. The van der Waals surface area contributed by atoms with Gasteiger partial charge in [-0.25, -0.2) is 0 Å². The second kappa shape index (κ2) is 13.6. The minimum atomic E-state index is -0.261. The van der Waals surface area contributed by atoms with Crippen LogP contribution in [-0.2, 0) is 11.2 Å². The molecule has 2 rings (SSSR count). The van der Waals surface area contributed by atoms with E-state index in [0.717, 1.165) is 57.2 Å². The Bertz CT molecular complexity index is 628. The fraction of sp³-hybridized carbons (Fsp3) is 0.619. The lowest BCUT2D eigenvalue weighted by molar-refractivity contribution is -0.119. The summed E-state index contributed by atoms with van der Waals surface area (Å²) in [6.07, 6.45) is 2.87. The molecular formula is C21H36IN5O2. The number of nitrogens with zero attached hydrogens (tertiary/aromatic N) is 2. The monoisotopic (exact) mass is 517 g/mol.